The molecule has 4 heteroatoms. The molecule has 0 spiro atoms. The molecule has 1 aromatic rings. The molecule has 1 aliphatic rings. The van der Waals surface area contributed by atoms with Crippen LogP contribution in [-0.2, 0) is 10.3 Å². The minimum Gasteiger partial charge on any atom is -0.496 e. The molecule has 3 N–H and O–H groups in total. The predicted molar refractivity (Wildman–Crippen MR) is 71.6 cm³/mol. The highest BCUT2D eigenvalue weighted by Gasteiger charge is 2.41. The monoisotopic (exact) mass is 250 g/mol. The molecule has 1 saturated heterocycles. The Balaban J connectivity index is 2.51. The number of rotatable bonds is 4. The molecule has 18 heavy (non-hydrogen) atoms. The summed E-state index contributed by atoms with van der Waals surface area (Å²) in [5.74, 6) is 7.06. The zero-order valence-electron chi connectivity index (χ0n) is 11.5. The van der Waals surface area contributed by atoms with E-state index >= 15 is 0 Å². The van der Waals surface area contributed by atoms with Gasteiger partial charge in [-0.3, -0.25) is 5.84 Å². The highest BCUT2D eigenvalue weighted by Crippen LogP contribution is 2.37. The lowest BCUT2D eigenvalue weighted by Crippen LogP contribution is -2.60. The molecular formula is C14H22N2O2. The van der Waals surface area contributed by atoms with Crippen molar-refractivity contribution in [3.8, 4) is 5.75 Å². The molecule has 1 aromatic carbocycles. The molecule has 0 amide bonds. The van der Waals surface area contributed by atoms with Crippen molar-refractivity contribution in [1.29, 1.82) is 0 Å². The summed E-state index contributed by atoms with van der Waals surface area (Å²) in [5.41, 5.74) is 6.27. The van der Waals surface area contributed by atoms with Crippen molar-refractivity contribution < 1.29 is 9.47 Å². The van der Waals surface area contributed by atoms with Gasteiger partial charge in [-0.25, -0.2) is 5.43 Å². The van der Waals surface area contributed by atoms with Crippen molar-refractivity contribution in [2.24, 2.45) is 5.84 Å². The molecule has 4 nitrogen and oxygen atoms in total. The minimum atomic E-state index is -0.236. The zero-order valence-corrected chi connectivity index (χ0v) is 11.5. The van der Waals surface area contributed by atoms with Crippen LogP contribution >= 0.6 is 0 Å². The fraction of sp³-hybridized carbons (Fsp3) is 0.571. The summed E-state index contributed by atoms with van der Waals surface area (Å²) in [6.07, 6.45) is 0. The Bertz CT molecular complexity index is 434. The summed E-state index contributed by atoms with van der Waals surface area (Å²) in [6, 6.07) is 4.28. The van der Waals surface area contributed by atoms with E-state index in [1.54, 1.807) is 7.11 Å². The van der Waals surface area contributed by atoms with E-state index < -0.39 is 0 Å². The van der Waals surface area contributed by atoms with Gasteiger partial charge >= 0.3 is 0 Å². The molecule has 0 saturated carbocycles. The van der Waals surface area contributed by atoms with Crippen LogP contribution in [0.5, 0.6) is 5.75 Å². The van der Waals surface area contributed by atoms with Gasteiger partial charge in [0.05, 0.1) is 20.3 Å². The molecule has 0 unspecified atom stereocenters. The average molecular weight is 250 g/mol. The first-order valence-electron chi connectivity index (χ1n) is 6.28. The Kier molecular flexibility index (Phi) is 3.61. The number of benzene rings is 1. The molecule has 0 radical (unpaired) electrons. The van der Waals surface area contributed by atoms with Gasteiger partial charge in [0.15, 0.2) is 0 Å². The van der Waals surface area contributed by atoms with E-state index in [0.29, 0.717) is 19.1 Å². The fourth-order valence-corrected chi connectivity index (χ4v) is 2.46. The molecule has 0 atom stereocenters. The number of hydrogen-bond donors (Lipinski definition) is 2. The molecular weight excluding hydrogens is 228 g/mol. The molecule has 2 rings (SSSR count). The van der Waals surface area contributed by atoms with Crippen LogP contribution in [0.2, 0.25) is 0 Å². The van der Waals surface area contributed by atoms with Crippen molar-refractivity contribution in [1.82, 2.24) is 5.43 Å². The lowest BCUT2D eigenvalue weighted by Gasteiger charge is -2.42. The Morgan fingerprint density at radius 3 is 2.44 bits per heavy atom. The number of aryl methyl sites for hydroxylation is 1. The summed E-state index contributed by atoms with van der Waals surface area (Å²) >= 11 is 0. The van der Waals surface area contributed by atoms with Crippen LogP contribution in [0.4, 0.5) is 0 Å². The Morgan fingerprint density at radius 2 is 2.06 bits per heavy atom. The highest BCUT2D eigenvalue weighted by atomic mass is 16.5. The van der Waals surface area contributed by atoms with Gasteiger partial charge in [0.2, 0.25) is 0 Å². The number of hydrogen-bond acceptors (Lipinski definition) is 4. The van der Waals surface area contributed by atoms with Gasteiger partial charge < -0.3 is 9.47 Å². The lowest BCUT2D eigenvalue weighted by atomic mass is 9.83. The average Bonchev–Trinajstić information content (AvgIpc) is 2.29. The normalized spacial score (nSPS) is 17.7. The van der Waals surface area contributed by atoms with Gasteiger partial charge in [-0.2, -0.15) is 0 Å². The van der Waals surface area contributed by atoms with Gasteiger partial charge in [0, 0.05) is 0 Å². The third-order valence-corrected chi connectivity index (χ3v) is 3.69. The summed E-state index contributed by atoms with van der Waals surface area (Å²) in [7, 11) is 1.71. The van der Waals surface area contributed by atoms with Gasteiger partial charge in [-0.15, -0.1) is 0 Å². The Hall–Kier alpha value is -1.10. The second-order valence-electron chi connectivity index (χ2n) is 5.28. The molecule has 100 valence electrons. The van der Waals surface area contributed by atoms with Crippen molar-refractivity contribution in [3.05, 3.63) is 28.8 Å². The van der Waals surface area contributed by atoms with Gasteiger partial charge in [-0.05, 0) is 41.7 Å². The lowest BCUT2D eigenvalue weighted by molar-refractivity contribution is -0.0790. The molecule has 0 aromatic heterocycles. The number of ether oxygens (including phenoxy) is 2. The third kappa shape index (κ3) is 2.00. The molecule has 0 aliphatic carbocycles. The topological polar surface area (TPSA) is 56.5 Å². The zero-order chi connectivity index (χ0) is 13.3. The maximum absolute atomic E-state index is 5.71. The maximum Gasteiger partial charge on any atom is 0.122 e. The summed E-state index contributed by atoms with van der Waals surface area (Å²) in [4.78, 5) is 0. The Labute approximate surface area is 108 Å². The van der Waals surface area contributed by atoms with Crippen molar-refractivity contribution >= 4 is 0 Å². The molecule has 1 aliphatic heterocycles. The van der Waals surface area contributed by atoms with Crippen molar-refractivity contribution in [2.45, 2.75) is 32.2 Å². The first-order valence-corrected chi connectivity index (χ1v) is 6.28. The molecule has 1 heterocycles. The predicted octanol–water partition coefficient (Wildman–Crippen LogP) is 1.82. The summed E-state index contributed by atoms with van der Waals surface area (Å²) < 4.78 is 10.8. The van der Waals surface area contributed by atoms with Crippen molar-refractivity contribution in [2.75, 3.05) is 20.3 Å². The number of nitrogens with two attached hydrogens (primary N) is 1. The first-order chi connectivity index (χ1) is 8.54. The first kappa shape index (κ1) is 13.3. The number of methoxy groups -OCH3 is 1. The molecule has 0 bridgehead atoms. The van der Waals surface area contributed by atoms with Crippen LogP contribution in [0, 0.1) is 6.92 Å². The van der Waals surface area contributed by atoms with E-state index in [1.807, 2.05) is 0 Å². The standard InChI is InChI=1S/C14H22N2O2/c1-9(2)11-6-12(10(3)5-13(11)17-4)14(16-15)7-18-8-14/h5-6,9,16H,7-8,15H2,1-4H3. The van der Waals surface area contributed by atoms with Crippen molar-refractivity contribution in [3.63, 3.8) is 0 Å². The Morgan fingerprint density at radius 1 is 1.39 bits per heavy atom. The second-order valence-corrected chi connectivity index (χ2v) is 5.28. The van der Waals surface area contributed by atoms with Crippen LogP contribution in [0.3, 0.4) is 0 Å². The second kappa shape index (κ2) is 4.88. The van der Waals surface area contributed by atoms with E-state index in [9.17, 15) is 0 Å². The fourth-order valence-electron chi connectivity index (χ4n) is 2.46. The molecule has 1 fully saturated rings. The van der Waals surface area contributed by atoms with E-state index in [-0.39, 0.29) is 5.54 Å². The number of hydrazine groups is 1. The van der Waals surface area contributed by atoms with E-state index in [2.05, 4.69) is 38.3 Å². The largest absolute Gasteiger partial charge is 0.496 e. The SMILES string of the molecule is COc1cc(C)c(C2(NN)COC2)cc1C(C)C. The summed E-state index contributed by atoms with van der Waals surface area (Å²) in [6.45, 7) is 7.65. The quantitative estimate of drug-likeness (QED) is 0.632. The van der Waals surface area contributed by atoms with E-state index in [4.69, 9.17) is 15.3 Å². The van der Waals surface area contributed by atoms with E-state index in [1.165, 1.54) is 16.7 Å². The van der Waals surface area contributed by atoms with Gasteiger partial charge in [0.25, 0.3) is 0 Å². The highest BCUT2D eigenvalue weighted by molar-refractivity contribution is 5.47. The number of nitrogens with one attached hydrogen (secondary N) is 1. The van der Waals surface area contributed by atoms with Crippen LogP contribution in [0.25, 0.3) is 0 Å². The minimum absolute atomic E-state index is 0.236. The van der Waals surface area contributed by atoms with Gasteiger partial charge in [0.1, 0.15) is 11.3 Å². The van der Waals surface area contributed by atoms with E-state index in [0.717, 1.165) is 5.75 Å². The maximum atomic E-state index is 5.71. The smallest absolute Gasteiger partial charge is 0.122 e. The van der Waals surface area contributed by atoms with Crippen LogP contribution in [0.15, 0.2) is 12.1 Å². The summed E-state index contributed by atoms with van der Waals surface area (Å²) in [5, 5.41) is 0. The van der Waals surface area contributed by atoms with Crippen LogP contribution in [0.1, 0.15) is 36.5 Å². The van der Waals surface area contributed by atoms with Crippen LogP contribution < -0.4 is 16.0 Å². The van der Waals surface area contributed by atoms with Crippen LogP contribution in [-0.4, -0.2) is 20.3 Å². The third-order valence-electron chi connectivity index (χ3n) is 3.69. The van der Waals surface area contributed by atoms with Gasteiger partial charge in [-0.1, -0.05) is 13.8 Å².